The second-order valence-corrected chi connectivity index (χ2v) is 7.17. The summed E-state index contributed by atoms with van der Waals surface area (Å²) in [6.45, 7) is 7.27. The zero-order valence-corrected chi connectivity index (χ0v) is 11.4. The predicted molar refractivity (Wildman–Crippen MR) is 73.3 cm³/mol. The summed E-state index contributed by atoms with van der Waals surface area (Å²) in [6.07, 6.45) is 1.00. The standard InChI is InChI=1S/C10H15NOS3/c1-4-14-9(13)15-10(3,7-11)6-5-8(2)12/h12H,2,4-6H2,1,3H3. The largest absolute Gasteiger partial charge is 0.513 e. The minimum absolute atomic E-state index is 0.117. The number of thioether (sulfide) groups is 2. The van der Waals surface area contributed by atoms with Gasteiger partial charge in [-0.05, 0) is 19.1 Å². The van der Waals surface area contributed by atoms with Crippen molar-refractivity contribution in [3.05, 3.63) is 12.3 Å². The molecule has 0 saturated heterocycles. The van der Waals surface area contributed by atoms with Crippen molar-refractivity contribution in [1.82, 2.24) is 0 Å². The Hall–Kier alpha value is -0.180. The summed E-state index contributed by atoms with van der Waals surface area (Å²) in [7, 11) is 0. The topological polar surface area (TPSA) is 44.0 Å². The number of aliphatic hydroxyl groups excluding tert-OH is 1. The highest BCUT2D eigenvalue weighted by Gasteiger charge is 2.26. The van der Waals surface area contributed by atoms with Gasteiger partial charge >= 0.3 is 0 Å². The molecule has 0 aliphatic rings. The van der Waals surface area contributed by atoms with Crippen LogP contribution in [0, 0.1) is 11.3 Å². The molecular formula is C10H15NOS3. The number of rotatable bonds is 5. The third kappa shape index (κ3) is 6.82. The molecule has 1 atom stereocenters. The fraction of sp³-hybridized carbons (Fsp3) is 0.600. The Labute approximate surface area is 105 Å². The number of nitrogens with zero attached hydrogens (tertiary/aromatic N) is 1. The molecule has 0 aromatic rings. The van der Waals surface area contributed by atoms with Crippen molar-refractivity contribution in [3.8, 4) is 6.07 Å². The molecule has 0 aromatic heterocycles. The van der Waals surface area contributed by atoms with E-state index in [1.165, 1.54) is 11.8 Å². The maximum atomic E-state index is 9.06. The van der Waals surface area contributed by atoms with Crippen molar-refractivity contribution in [2.75, 3.05) is 5.75 Å². The number of hydrogen-bond acceptors (Lipinski definition) is 5. The van der Waals surface area contributed by atoms with Gasteiger partial charge in [-0.25, -0.2) is 0 Å². The molecule has 0 aromatic carbocycles. The van der Waals surface area contributed by atoms with Gasteiger partial charge in [0.2, 0.25) is 0 Å². The van der Waals surface area contributed by atoms with E-state index in [1.54, 1.807) is 11.8 Å². The SMILES string of the molecule is C=C(O)CCC(C)(C#N)SC(=S)SCC. The Bertz CT molecular complexity index is 285. The molecule has 0 fully saturated rings. The van der Waals surface area contributed by atoms with Gasteiger partial charge in [-0.3, -0.25) is 0 Å². The summed E-state index contributed by atoms with van der Waals surface area (Å²) < 4.78 is 0.218. The van der Waals surface area contributed by atoms with Crippen LogP contribution in [0.1, 0.15) is 26.7 Å². The first-order valence-corrected chi connectivity index (χ1v) is 6.78. The minimum atomic E-state index is -0.565. The normalized spacial score (nSPS) is 13.9. The molecule has 1 unspecified atom stereocenters. The third-order valence-corrected chi connectivity index (χ3v) is 4.34. The molecule has 0 rings (SSSR count). The molecule has 0 aliphatic carbocycles. The molecule has 0 amide bonds. The van der Waals surface area contributed by atoms with E-state index in [4.69, 9.17) is 22.6 Å². The van der Waals surface area contributed by atoms with E-state index in [0.717, 1.165) is 9.28 Å². The van der Waals surface area contributed by atoms with Crippen LogP contribution >= 0.6 is 35.7 Å². The number of allylic oxidation sites excluding steroid dienone is 1. The van der Waals surface area contributed by atoms with Gasteiger partial charge in [0.05, 0.1) is 11.8 Å². The summed E-state index contributed by atoms with van der Waals surface area (Å²) in [5, 5.41) is 18.1. The monoisotopic (exact) mass is 261 g/mol. The van der Waals surface area contributed by atoms with E-state index >= 15 is 0 Å². The van der Waals surface area contributed by atoms with E-state index < -0.39 is 4.75 Å². The number of thiocarbonyl (C=S) groups is 1. The molecule has 0 spiro atoms. The molecule has 0 aliphatic heterocycles. The van der Waals surface area contributed by atoms with Crippen LogP contribution in [0.3, 0.4) is 0 Å². The Balaban J connectivity index is 4.25. The van der Waals surface area contributed by atoms with Crippen LogP contribution in [0.15, 0.2) is 12.3 Å². The highest BCUT2D eigenvalue weighted by molar-refractivity contribution is 8.47. The highest BCUT2D eigenvalue weighted by Crippen LogP contribution is 2.34. The van der Waals surface area contributed by atoms with Crippen LogP contribution in [0.4, 0.5) is 0 Å². The van der Waals surface area contributed by atoms with Crippen LogP contribution in [-0.4, -0.2) is 19.1 Å². The van der Waals surface area contributed by atoms with Crippen molar-refractivity contribution in [2.45, 2.75) is 31.4 Å². The molecule has 15 heavy (non-hydrogen) atoms. The lowest BCUT2D eigenvalue weighted by molar-refractivity contribution is 0.383. The van der Waals surface area contributed by atoms with Gasteiger partial charge in [0.15, 0.2) is 0 Å². The zero-order chi connectivity index (χ0) is 11.9. The number of nitriles is 1. The summed E-state index contributed by atoms with van der Waals surface area (Å²) in [6, 6.07) is 2.23. The molecule has 5 heteroatoms. The van der Waals surface area contributed by atoms with Gasteiger partial charge in [-0.2, -0.15) is 5.26 Å². The predicted octanol–water partition coefficient (Wildman–Crippen LogP) is 3.89. The van der Waals surface area contributed by atoms with Crippen molar-refractivity contribution in [1.29, 1.82) is 5.26 Å². The molecule has 0 radical (unpaired) electrons. The summed E-state index contributed by atoms with van der Waals surface area (Å²) >= 11 is 8.10. The Morgan fingerprint density at radius 3 is 2.67 bits per heavy atom. The molecule has 0 saturated carbocycles. The van der Waals surface area contributed by atoms with Crippen LogP contribution in [0.2, 0.25) is 0 Å². The van der Waals surface area contributed by atoms with Gasteiger partial charge in [0.25, 0.3) is 0 Å². The minimum Gasteiger partial charge on any atom is -0.513 e. The van der Waals surface area contributed by atoms with E-state index in [1.807, 2.05) is 13.8 Å². The van der Waals surface area contributed by atoms with Crippen LogP contribution in [0.5, 0.6) is 0 Å². The first-order chi connectivity index (χ1) is 6.93. The Kier molecular flexibility index (Phi) is 7.07. The first-order valence-electron chi connectivity index (χ1n) is 4.57. The molecule has 0 heterocycles. The second-order valence-electron chi connectivity index (χ2n) is 3.19. The van der Waals surface area contributed by atoms with Crippen molar-refractivity contribution in [3.63, 3.8) is 0 Å². The quantitative estimate of drug-likeness (QED) is 0.601. The summed E-state index contributed by atoms with van der Waals surface area (Å²) in [4.78, 5) is 0. The van der Waals surface area contributed by atoms with Crippen molar-refractivity contribution in [2.24, 2.45) is 0 Å². The average Bonchev–Trinajstić information content (AvgIpc) is 2.15. The average molecular weight is 261 g/mol. The van der Waals surface area contributed by atoms with Gasteiger partial charge in [0, 0.05) is 6.42 Å². The summed E-state index contributed by atoms with van der Waals surface area (Å²) in [5.74, 6) is 1.03. The van der Waals surface area contributed by atoms with Crippen molar-refractivity contribution >= 4 is 39.3 Å². The van der Waals surface area contributed by atoms with Crippen LogP contribution in [-0.2, 0) is 0 Å². The van der Waals surface area contributed by atoms with Crippen LogP contribution in [0.25, 0.3) is 0 Å². The molecule has 84 valence electrons. The lowest BCUT2D eigenvalue weighted by atomic mass is 10.1. The zero-order valence-electron chi connectivity index (χ0n) is 8.95. The van der Waals surface area contributed by atoms with Crippen molar-refractivity contribution < 1.29 is 5.11 Å². The molecule has 2 nitrogen and oxygen atoms in total. The Morgan fingerprint density at radius 1 is 1.67 bits per heavy atom. The number of aliphatic hydroxyl groups is 1. The first kappa shape index (κ1) is 14.8. The third-order valence-electron chi connectivity index (χ3n) is 1.70. The van der Waals surface area contributed by atoms with Gasteiger partial charge < -0.3 is 5.11 Å². The van der Waals surface area contributed by atoms with Crippen LogP contribution < -0.4 is 0 Å². The summed E-state index contributed by atoms with van der Waals surface area (Å²) in [5.41, 5.74) is 0. The van der Waals surface area contributed by atoms with E-state index in [0.29, 0.717) is 12.8 Å². The number of hydrogen-bond donors (Lipinski definition) is 1. The fourth-order valence-corrected chi connectivity index (χ4v) is 3.74. The maximum Gasteiger partial charge on any atom is 0.106 e. The fourth-order valence-electron chi connectivity index (χ4n) is 0.844. The lowest BCUT2D eigenvalue weighted by Crippen LogP contribution is -2.19. The molecular weight excluding hydrogens is 246 g/mol. The molecule has 1 N–H and O–H groups in total. The lowest BCUT2D eigenvalue weighted by Gasteiger charge is -2.20. The van der Waals surface area contributed by atoms with Gasteiger partial charge in [0.1, 0.15) is 8.28 Å². The maximum absolute atomic E-state index is 9.06. The second kappa shape index (κ2) is 7.15. The van der Waals surface area contributed by atoms with E-state index in [9.17, 15) is 0 Å². The molecule has 0 bridgehead atoms. The van der Waals surface area contributed by atoms with E-state index in [2.05, 4.69) is 12.6 Å². The highest BCUT2D eigenvalue weighted by atomic mass is 32.2. The smallest absolute Gasteiger partial charge is 0.106 e. The van der Waals surface area contributed by atoms with Gasteiger partial charge in [-0.1, -0.05) is 37.5 Å². The Morgan fingerprint density at radius 2 is 2.27 bits per heavy atom. The van der Waals surface area contributed by atoms with E-state index in [-0.39, 0.29) is 5.76 Å². The van der Waals surface area contributed by atoms with Gasteiger partial charge in [-0.15, -0.1) is 11.8 Å².